The predicted octanol–water partition coefficient (Wildman–Crippen LogP) is 3.58. The second kappa shape index (κ2) is 14.5. The van der Waals surface area contributed by atoms with Gasteiger partial charge in [-0.05, 0) is 80.7 Å². The molecule has 3 atom stereocenters. The minimum atomic E-state index is -0.869. The molecule has 234 valence electrons. The Balaban J connectivity index is 1.38. The van der Waals surface area contributed by atoms with Gasteiger partial charge in [0.1, 0.15) is 17.2 Å². The minimum Gasteiger partial charge on any atom is -0.497 e. The van der Waals surface area contributed by atoms with E-state index in [0.29, 0.717) is 29.0 Å². The molecule has 11 heteroatoms. The summed E-state index contributed by atoms with van der Waals surface area (Å²) in [6.45, 7) is 3.64. The average molecular weight is 605 g/mol. The van der Waals surface area contributed by atoms with Crippen molar-refractivity contribution in [3.8, 4) is 11.5 Å². The first-order valence-corrected chi connectivity index (χ1v) is 14.9. The summed E-state index contributed by atoms with van der Waals surface area (Å²) in [7, 11) is 3.67. The molecule has 0 aromatic heterocycles. The maximum atomic E-state index is 13.6. The maximum absolute atomic E-state index is 13.6. The van der Waals surface area contributed by atoms with Crippen LogP contribution in [-0.2, 0) is 4.74 Å². The van der Waals surface area contributed by atoms with Gasteiger partial charge in [0.05, 0.1) is 31.6 Å². The summed E-state index contributed by atoms with van der Waals surface area (Å²) in [6, 6.07) is 19.1. The molecule has 5 rings (SSSR count). The van der Waals surface area contributed by atoms with Gasteiger partial charge in [0, 0.05) is 49.3 Å². The first kappa shape index (κ1) is 31.3. The summed E-state index contributed by atoms with van der Waals surface area (Å²) >= 11 is 0. The summed E-state index contributed by atoms with van der Waals surface area (Å²) in [4.78, 5) is 31.4. The van der Waals surface area contributed by atoms with E-state index in [4.69, 9.17) is 14.2 Å². The summed E-state index contributed by atoms with van der Waals surface area (Å²) in [6.07, 6.45) is -0.623. The van der Waals surface area contributed by atoms with Crippen molar-refractivity contribution in [2.75, 3.05) is 62.5 Å². The number of amides is 2. The lowest BCUT2D eigenvalue weighted by atomic mass is 10.1. The molecule has 1 unspecified atom stereocenters. The third kappa shape index (κ3) is 7.86. The third-order valence-corrected chi connectivity index (χ3v) is 7.89. The third-order valence-electron chi connectivity index (χ3n) is 7.89. The van der Waals surface area contributed by atoms with E-state index >= 15 is 0 Å². The Morgan fingerprint density at radius 3 is 2.32 bits per heavy atom. The number of hydrogen-bond acceptors (Lipinski definition) is 9. The Morgan fingerprint density at radius 1 is 0.909 bits per heavy atom. The zero-order valence-corrected chi connectivity index (χ0v) is 25.1. The lowest BCUT2D eigenvalue weighted by Crippen LogP contribution is -2.40. The maximum Gasteiger partial charge on any atom is 0.255 e. The minimum absolute atomic E-state index is 0.181. The molecule has 3 aromatic carbocycles. The van der Waals surface area contributed by atoms with Crippen LogP contribution >= 0.6 is 0 Å². The molecule has 2 aliphatic rings. The van der Waals surface area contributed by atoms with Crippen LogP contribution in [0.4, 0.5) is 17.1 Å². The van der Waals surface area contributed by atoms with Crippen LogP contribution < -0.4 is 25.0 Å². The molecule has 2 heterocycles. The largest absolute Gasteiger partial charge is 0.497 e. The number of hydrogen-bond donors (Lipinski definition) is 4. The van der Waals surface area contributed by atoms with Crippen LogP contribution in [0.15, 0.2) is 66.7 Å². The molecule has 4 N–H and O–H groups in total. The molecule has 0 bridgehead atoms. The SMILES string of the molecule is COc1ccc(C(=O)Nc2cccc(OC3C[C@@H](O)C[C@@H](CO)O3)c2NC(=O)c2ccc(N3CCCN(C)CC3)cc2)cc1. The molecule has 0 radical (unpaired) electrons. The fourth-order valence-electron chi connectivity index (χ4n) is 5.40. The van der Waals surface area contributed by atoms with Crippen molar-refractivity contribution in [1.29, 1.82) is 0 Å². The number of anilines is 3. The molecule has 0 spiro atoms. The van der Waals surface area contributed by atoms with Gasteiger partial charge in [-0.3, -0.25) is 9.59 Å². The van der Waals surface area contributed by atoms with Gasteiger partial charge in [-0.25, -0.2) is 0 Å². The number of nitrogens with zero attached hydrogens (tertiary/aromatic N) is 2. The molecule has 0 aliphatic carbocycles. The van der Waals surface area contributed by atoms with Gasteiger partial charge in [-0.1, -0.05) is 6.07 Å². The predicted molar refractivity (Wildman–Crippen MR) is 168 cm³/mol. The summed E-state index contributed by atoms with van der Waals surface area (Å²) < 4.78 is 17.1. The molecule has 11 nitrogen and oxygen atoms in total. The first-order chi connectivity index (χ1) is 21.3. The number of methoxy groups -OCH3 is 1. The number of carbonyl (C=O) groups excluding carboxylic acids is 2. The highest BCUT2D eigenvalue weighted by Gasteiger charge is 2.30. The fourth-order valence-corrected chi connectivity index (χ4v) is 5.40. The fraction of sp³-hybridized carbons (Fsp3) is 0.394. The lowest BCUT2D eigenvalue weighted by Gasteiger charge is -2.32. The van der Waals surface area contributed by atoms with Crippen molar-refractivity contribution in [2.24, 2.45) is 0 Å². The average Bonchev–Trinajstić information content (AvgIpc) is 3.26. The molecule has 2 saturated heterocycles. The van der Waals surface area contributed by atoms with Crippen molar-refractivity contribution >= 4 is 28.9 Å². The normalized spacial score (nSPS) is 20.8. The number of carbonyl (C=O) groups is 2. The van der Waals surface area contributed by atoms with E-state index in [0.717, 1.165) is 38.3 Å². The van der Waals surface area contributed by atoms with Crippen LogP contribution in [0, 0.1) is 0 Å². The number of nitrogens with one attached hydrogen (secondary N) is 2. The van der Waals surface area contributed by atoms with E-state index in [9.17, 15) is 19.8 Å². The molecule has 44 heavy (non-hydrogen) atoms. The molecule has 2 fully saturated rings. The Hall–Kier alpha value is -4.16. The number of ether oxygens (including phenoxy) is 3. The highest BCUT2D eigenvalue weighted by Crippen LogP contribution is 2.36. The van der Waals surface area contributed by atoms with Crippen molar-refractivity contribution in [1.82, 2.24) is 4.90 Å². The summed E-state index contributed by atoms with van der Waals surface area (Å²) in [5, 5.41) is 25.7. The van der Waals surface area contributed by atoms with E-state index in [1.807, 2.05) is 12.1 Å². The topological polar surface area (TPSA) is 133 Å². The number of rotatable bonds is 9. The first-order valence-electron chi connectivity index (χ1n) is 14.9. The Kier molecular flexibility index (Phi) is 10.3. The standard InChI is InChI=1S/C33H40N4O7/c1-36-15-4-16-37(18-17-36)24-11-7-22(8-12-24)33(41)35-31-28(34-32(40)23-9-13-26(42-2)14-10-23)5-3-6-29(31)44-30-20-25(39)19-27(21-38)43-30/h3,5-14,25,27,30,38-39H,4,15-21H2,1-2H3,(H,34,40)(H,35,41)/t25-,27-,30?/m0/s1. The van der Waals surface area contributed by atoms with E-state index in [-0.39, 0.29) is 30.4 Å². The number of likely N-dealkylation sites (N-methyl/N-ethyl adjacent to an activating group) is 1. The van der Waals surface area contributed by atoms with Crippen LogP contribution in [0.25, 0.3) is 0 Å². The number of para-hydroxylation sites is 1. The molecule has 0 saturated carbocycles. The summed E-state index contributed by atoms with van der Waals surface area (Å²) in [5.74, 6) is 0.0836. The van der Waals surface area contributed by atoms with Crippen molar-refractivity contribution in [3.63, 3.8) is 0 Å². The summed E-state index contributed by atoms with van der Waals surface area (Å²) in [5.41, 5.74) is 2.45. The van der Waals surface area contributed by atoms with Crippen molar-refractivity contribution in [3.05, 3.63) is 77.9 Å². The monoisotopic (exact) mass is 604 g/mol. The quantitative estimate of drug-likeness (QED) is 0.289. The van der Waals surface area contributed by atoms with Crippen LogP contribution in [0.3, 0.4) is 0 Å². The van der Waals surface area contributed by atoms with Crippen LogP contribution in [0.2, 0.25) is 0 Å². The van der Waals surface area contributed by atoms with Gasteiger partial charge in [-0.15, -0.1) is 0 Å². The number of aliphatic hydroxyl groups excluding tert-OH is 2. The zero-order valence-electron chi connectivity index (χ0n) is 25.1. The number of benzene rings is 3. The smallest absolute Gasteiger partial charge is 0.255 e. The van der Waals surface area contributed by atoms with Crippen molar-refractivity contribution in [2.45, 2.75) is 37.8 Å². The van der Waals surface area contributed by atoms with Gasteiger partial charge >= 0.3 is 0 Å². The second-order valence-electron chi connectivity index (χ2n) is 11.1. The molecule has 2 amide bonds. The van der Waals surface area contributed by atoms with Gasteiger partial charge in [0.2, 0.25) is 6.29 Å². The van der Waals surface area contributed by atoms with E-state index in [1.165, 1.54) is 0 Å². The highest BCUT2D eigenvalue weighted by atomic mass is 16.7. The molecular weight excluding hydrogens is 564 g/mol. The molecule has 3 aromatic rings. The van der Waals surface area contributed by atoms with Gasteiger partial charge in [0.25, 0.3) is 11.8 Å². The van der Waals surface area contributed by atoms with Gasteiger partial charge in [0.15, 0.2) is 0 Å². The van der Waals surface area contributed by atoms with Crippen LogP contribution in [-0.4, -0.2) is 92.4 Å². The van der Waals surface area contributed by atoms with Gasteiger partial charge in [-0.2, -0.15) is 0 Å². The Bertz CT molecular complexity index is 1420. The molecular formula is C33H40N4O7. The molecule has 2 aliphatic heterocycles. The highest BCUT2D eigenvalue weighted by molar-refractivity contribution is 6.11. The zero-order chi connectivity index (χ0) is 31.1. The van der Waals surface area contributed by atoms with Gasteiger partial charge < -0.3 is 44.9 Å². The van der Waals surface area contributed by atoms with Crippen LogP contribution in [0.1, 0.15) is 40.0 Å². The van der Waals surface area contributed by atoms with Crippen molar-refractivity contribution < 1.29 is 34.0 Å². The lowest BCUT2D eigenvalue weighted by molar-refractivity contribution is -0.184. The van der Waals surface area contributed by atoms with E-state index in [1.54, 1.807) is 61.7 Å². The Morgan fingerprint density at radius 2 is 1.61 bits per heavy atom. The van der Waals surface area contributed by atoms with E-state index in [2.05, 4.69) is 27.5 Å². The van der Waals surface area contributed by atoms with E-state index < -0.39 is 24.4 Å². The number of aliphatic hydroxyl groups is 2. The van der Waals surface area contributed by atoms with Crippen LogP contribution in [0.5, 0.6) is 11.5 Å². The second-order valence-corrected chi connectivity index (χ2v) is 11.1. The Labute approximate surface area is 257 Å².